The lowest BCUT2D eigenvalue weighted by atomic mass is 9.92. The summed E-state index contributed by atoms with van der Waals surface area (Å²) in [4.78, 5) is 0. The van der Waals surface area contributed by atoms with Gasteiger partial charge in [-0.3, -0.25) is 0 Å². The van der Waals surface area contributed by atoms with Gasteiger partial charge in [-0.05, 0) is 34.7 Å². The highest BCUT2D eigenvalue weighted by atomic mass is 14.1. The monoisotopic (exact) mass is 200 g/mol. The first-order valence-corrected chi connectivity index (χ1v) is 5.18. The van der Waals surface area contributed by atoms with Crippen molar-refractivity contribution in [2.24, 2.45) is 0 Å². The molecule has 0 heteroatoms. The van der Waals surface area contributed by atoms with Gasteiger partial charge in [-0.2, -0.15) is 0 Å². The lowest BCUT2D eigenvalue weighted by Gasteiger charge is -2.13. The van der Waals surface area contributed by atoms with Crippen molar-refractivity contribution in [3.8, 4) is 0 Å². The molecule has 0 saturated carbocycles. The largest absolute Gasteiger partial charge is 0.0776 e. The Morgan fingerprint density at radius 1 is 0.933 bits per heavy atom. The molecule has 0 heterocycles. The van der Waals surface area contributed by atoms with Crippen LogP contribution in [0.1, 0.15) is 38.3 Å². The summed E-state index contributed by atoms with van der Waals surface area (Å²) in [6, 6.07) is 13.0. The van der Waals surface area contributed by atoms with E-state index in [1.54, 1.807) is 0 Å². The Kier molecular flexibility index (Phi) is 3.52. The van der Waals surface area contributed by atoms with Crippen LogP contribution in [-0.4, -0.2) is 0 Å². The Morgan fingerprint density at radius 2 is 1.60 bits per heavy atom. The van der Waals surface area contributed by atoms with Gasteiger partial charge < -0.3 is 0 Å². The average molecular weight is 200 g/mol. The molecular formula is C15H20. The minimum Gasteiger partial charge on any atom is -0.0776 e. The van der Waals surface area contributed by atoms with Crippen molar-refractivity contribution >= 4 is 10.8 Å². The van der Waals surface area contributed by atoms with Crippen molar-refractivity contribution in [2.75, 3.05) is 0 Å². The third-order valence-electron chi connectivity index (χ3n) is 2.77. The highest BCUT2D eigenvalue weighted by Gasteiger charge is 2.07. The summed E-state index contributed by atoms with van der Waals surface area (Å²) in [5.74, 6) is 0.598. The van der Waals surface area contributed by atoms with Crippen molar-refractivity contribution in [3.05, 3.63) is 47.5 Å². The van der Waals surface area contributed by atoms with Crippen LogP contribution in [0.2, 0.25) is 0 Å². The van der Waals surface area contributed by atoms with E-state index in [0.29, 0.717) is 5.92 Å². The van der Waals surface area contributed by atoms with Crippen LogP contribution >= 0.6 is 0 Å². The molecule has 0 atom stereocenters. The Labute approximate surface area is 92.9 Å². The fourth-order valence-electron chi connectivity index (χ4n) is 2.17. The maximum atomic E-state index is 2.26. The third kappa shape index (κ3) is 2.04. The molecule has 0 bridgehead atoms. The van der Waals surface area contributed by atoms with E-state index in [0.717, 1.165) is 0 Å². The highest BCUT2D eigenvalue weighted by Crippen LogP contribution is 2.28. The van der Waals surface area contributed by atoms with Gasteiger partial charge in [-0.1, -0.05) is 57.7 Å². The lowest BCUT2D eigenvalue weighted by molar-refractivity contribution is 0.867. The molecule has 15 heavy (non-hydrogen) atoms. The summed E-state index contributed by atoms with van der Waals surface area (Å²) < 4.78 is 0. The first kappa shape index (κ1) is 11.8. The molecule has 2 aromatic carbocycles. The summed E-state index contributed by atoms with van der Waals surface area (Å²) in [5, 5.41) is 2.75. The van der Waals surface area contributed by atoms with Crippen molar-refractivity contribution in [1.29, 1.82) is 0 Å². The van der Waals surface area contributed by atoms with Crippen LogP contribution in [0.4, 0.5) is 0 Å². The Balaban J connectivity index is 0.00000112. The molecule has 0 aliphatic carbocycles. The number of benzene rings is 2. The first-order chi connectivity index (χ1) is 6.70. The van der Waals surface area contributed by atoms with Crippen LogP contribution < -0.4 is 0 Å². The van der Waals surface area contributed by atoms with Crippen LogP contribution in [0.15, 0.2) is 36.4 Å². The van der Waals surface area contributed by atoms with Gasteiger partial charge in [0.2, 0.25) is 0 Å². The fourth-order valence-corrected chi connectivity index (χ4v) is 2.17. The molecule has 0 saturated heterocycles. The SMILES string of the molecule is C.Cc1ccc2ccccc2c1C(C)C. The van der Waals surface area contributed by atoms with Crippen molar-refractivity contribution in [2.45, 2.75) is 34.1 Å². The lowest BCUT2D eigenvalue weighted by Crippen LogP contribution is -1.93. The number of hydrogen-bond acceptors (Lipinski definition) is 0. The number of hydrogen-bond donors (Lipinski definition) is 0. The average Bonchev–Trinajstić information content (AvgIpc) is 2.17. The highest BCUT2D eigenvalue weighted by molar-refractivity contribution is 5.87. The Hall–Kier alpha value is -1.30. The van der Waals surface area contributed by atoms with E-state index in [9.17, 15) is 0 Å². The summed E-state index contributed by atoms with van der Waals surface area (Å²) in [6.45, 7) is 6.71. The number of aryl methyl sites for hydroxylation is 1. The second-order valence-corrected chi connectivity index (χ2v) is 4.17. The van der Waals surface area contributed by atoms with E-state index in [4.69, 9.17) is 0 Å². The second kappa shape index (κ2) is 4.48. The third-order valence-corrected chi connectivity index (χ3v) is 2.77. The molecule has 0 N–H and O–H groups in total. The molecule has 0 aliphatic rings. The molecule has 0 unspecified atom stereocenters. The van der Waals surface area contributed by atoms with E-state index in [-0.39, 0.29) is 7.43 Å². The second-order valence-electron chi connectivity index (χ2n) is 4.17. The normalized spacial score (nSPS) is 10.4. The van der Waals surface area contributed by atoms with E-state index < -0.39 is 0 Å². The summed E-state index contributed by atoms with van der Waals surface area (Å²) in [5.41, 5.74) is 2.89. The van der Waals surface area contributed by atoms with E-state index in [2.05, 4.69) is 57.2 Å². The van der Waals surface area contributed by atoms with Gasteiger partial charge in [0.25, 0.3) is 0 Å². The van der Waals surface area contributed by atoms with E-state index in [1.165, 1.54) is 21.9 Å². The first-order valence-electron chi connectivity index (χ1n) is 5.18. The summed E-state index contributed by atoms with van der Waals surface area (Å²) in [6.07, 6.45) is 0. The van der Waals surface area contributed by atoms with Gasteiger partial charge >= 0.3 is 0 Å². The quantitative estimate of drug-likeness (QED) is 0.613. The molecule has 2 aromatic rings. The topological polar surface area (TPSA) is 0 Å². The van der Waals surface area contributed by atoms with Gasteiger partial charge in [-0.25, -0.2) is 0 Å². The zero-order valence-corrected chi connectivity index (χ0v) is 9.04. The van der Waals surface area contributed by atoms with E-state index >= 15 is 0 Å². The molecule has 0 spiro atoms. The summed E-state index contributed by atoms with van der Waals surface area (Å²) >= 11 is 0. The molecule has 0 radical (unpaired) electrons. The molecule has 80 valence electrons. The predicted octanol–water partition coefficient (Wildman–Crippen LogP) is 4.91. The molecule has 2 rings (SSSR count). The molecule has 0 aromatic heterocycles. The van der Waals surface area contributed by atoms with Gasteiger partial charge in [0.05, 0.1) is 0 Å². The molecule has 0 aliphatic heterocycles. The Bertz CT molecular complexity index is 453. The van der Waals surface area contributed by atoms with Crippen LogP contribution in [-0.2, 0) is 0 Å². The zero-order chi connectivity index (χ0) is 10.1. The minimum absolute atomic E-state index is 0. The smallest absolute Gasteiger partial charge is 0.0147 e. The maximum absolute atomic E-state index is 2.26. The van der Waals surface area contributed by atoms with Crippen LogP contribution in [0.5, 0.6) is 0 Å². The maximum Gasteiger partial charge on any atom is -0.0147 e. The predicted molar refractivity (Wildman–Crippen MR) is 69.5 cm³/mol. The zero-order valence-electron chi connectivity index (χ0n) is 9.04. The minimum atomic E-state index is 0. The van der Waals surface area contributed by atoms with Crippen molar-refractivity contribution in [3.63, 3.8) is 0 Å². The number of rotatable bonds is 1. The van der Waals surface area contributed by atoms with Gasteiger partial charge in [0, 0.05) is 0 Å². The molecular weight excluding hydrogens is 180 g/mol. The summed E-state index contributed by atoms with van der Waals surface area (Å²) in [7, 11) is 0. The molecule has 0 nitrogen and oxygen atoms in total. The van der Waals surface area contributed by atoms with Gasteiger partial charge in [-0.15, -0.1) is 0 Å². The van der Waals surface area contributed by atoms with Crippen LogP contribution in [0, 0.1) is 6.92 Å². The van der Waals surface area contributed by atoms with Gasteiger partial charge in [0.1, 0.15) is 0 Å². The van der Waals surface area contributed by atoms with Crippen molar-refractivity contribution in [1.82, 2.24) is 0 Å². The molecule has 0 amide bonds. The van der Waals surface area contributed by atoms with Crippen LogP contribution in [0.25, 0.3) is 10.8 Å². The van der Waals surface area contributed by atoms with Crippen molar-refractivity contribution < 1.29 is 0 Å². The van der Waals surface area contributed by atoms with Gasteiger partial charge in [0.15, 0.2) is 0 Å². The Morgan fingerprint density at radius 3 is 2.27 bits per heavy atom. The standard InChI is InChI=1S/C14H16.CH4/c1-10(2)14-11(3)8-9-12-6-4-5-7-13(12)14;/h4-10H,1-3H3;1H4. The molecule has 0 fully saturated rings. The fraction of sp³-hybridized carbons (Fsp3) is 0.333. The number of fused-ring (bicyclic) bond motifs is 1. The van der Waals surface area contributed by atoms with Crippen LogP contribution in [0.3, 0.4) is 0 Å². The van der Waals surface area contributed by atoms with E-state index in [1.807, 2.05) is 0 Å².